The molecule has 0 radical (unpaired) electrons. The van der Waals surface area contributed by atoms with Crippen molar-refractivity contribution in [3.63, 3.8) is 0 Å². The number of hydrogen-bond donors (Lipinski definition) is 1. The van der Waals surface area contributed by atoms with Crippen LogP contribution in [0.15, 0.2) is 28.7 Å². The van der Waals surface area contributed by atoms with Crippen LogP contribution in [0.25, 0.3) is 0 Å². The quantitative estimate of drug-likeness (QED) is 0.895. The van der Waals surface area contributed by atoms with E-state index in [9.17, 15) is 9.18 Å². The van der Waals surface area contributed by atoms with Crippen LogP contribution in [0.3, 0.4) is 0 Å². The van der Waals surface area contributed by atoms with E-state index in [0.717, 1.165) is 6.42 Å². The van der Waals surface area contributed by atoms with Crippen molar-refractivity contribution in [3.05, 3.63) is 47.4 Å². The van der Waals surface area contributed by atoms with Crippen LogP contribution in [0.2, 0.25) is 0 Å². The number of hydrogen-bond acceptors (Lipinski definition) is 4. The molecular weight excluding hydrogens is 249 g/mol. The van der Waals surface area contributed by atoms with E-state index in [1.165, 1.54) is 12.1 Å². The summed E-state index contributed by atoms with van der Waals surface area (Å²) in [6, 6.07) is 6.11. The van der Waals surface area contributed by atoms with E-state index in [1.54, 1.807) is 12.1 Å². The van der Waals surface area contributed by atoms with Crippen molar-refractivity contribution >= 4 is 5.91 Å². The molecule has 1 aromatic heterocycles. The molecule has 5 nitrogen and oxygen atoms in total. The average Bonchev–Trinajstić information content (AvgIpc) is 2.84. The molecule has 0 bridgehead atoms. The zero-order valence-corrected chi connectivity index (χ0v) is 10.5. The van der Waals surface area contributed by atoms with Crippen molar-refractivity contribution in [3.8, 4) is 0 Å². The predicted octanol–water partition coefficient (Wildman–Crippen LogP) is 1.94. The van der Waals surface area contributed by atoms with Crippen molar-refractivity contribution in [2.24, 2.45) is 0 Å². The molecule has 0 aliphatic heterocycles. The van der Waals surface area contributed by atoms with Gasteiger partial charge in [0.1, 0.15) is 5.82 Å². The maximum atomic E-state index is 13.0. The predicted molar refractivity (Wildman–Crippen MR) is 66.1 cm³/mol. The zero-order chi connectivity index (χ0) is 13.7. The normalized spacial score (nSPS) is 10.4. The summed E-state index contributed by atoms with van der Waals surface area (Å²) in [5.41, 5.74) is 0.712. The van der Waals surface area contributed by atoms with Crippen LogP contribution >= 0.6 is 0 Å². The average molecular weight is 263 g/mol. The number of nitrogens with zero attached hydrogens (tertiary/aromatic N) is 2. The van der Waals surface area contributed by atoms with Gasteiger partial charge in [-0.3, -0.25) is 4.79 Å². The second kappa shape index (κ2) is 6.08. The number of carbonyl (C=O) groups is 1. The van der Waals surface area contributed by atoms with E-state index in [4.69, 9.17) is 4.42 Å². The molecule has 1 aromatic carbocycles. The largest absolute Gasteiger partial charge is 0.417 e. The summed E-state index contributed by atoms with van der Waals surface area (Å²) in [5, 5.41) is 10.1. The molecule has 1 amide bonds. The lowest BCUT2D eigenvalue weighted by Crippen LogP contribution is -2.24. The summed E-state index contributed by atoms with van der Waals surface area (Å²) in [6.07, 6.45) is 1.13. The number of amides is 1. The smallest absolute Gasteiger partial charge is 0.308 e. The first-order chi connectivity index (χ1) is 9.19. The van der Waals surface area contributed by atoms with Crippen LogP contribution < -0.4 is 5.32 Å². The van der Waals surface area contributed by atoms with Gasteiger partial charge in [-0.25, -0.2) is 4.39 Å². The van der Waals surface area contributed by atoms with E-state index in [0.29, 0.717) is 18.5 Å². The van der Waals surface area contributed by atoms with Crippen molar-refractivity contribution in [1.82, 2.24) is 15.5 Å². The number of rotatable bonds is 5. The highest BCUT2D eigenvalue weighted by Crippen LogP contribution is 2.10. The molecule has 2 rings (SSSR count). The van der Waals surface area contributed by atoms with Crippen LogP contribution in [-0.2, 0) is 6.42 Å². The number of benzene rings is 1. The summed E-state index contributed by atoms with van der Waals surface area (Å²) in [6.45, 7) is 2.50. The molecule has 0 fully saturated rings. The molecule has 100 valence electrons. The molecule has 19 heavy (non-hydrogen) atoms. The van der Waals surface area contributed by atoms with Crippen molar-refractivity contribution < 1.29 is 13.6 Å². The van der Waals surface area contributed by atoms with Gasteiger partial charge in [-0.2, -0.15) is 0 Å². The molecule has 0 saturated carbocycles. The molecule has 0 aliphatic rings. The standard InChI is InChI=1S/C13H14FN3O2/c1-2-6-15-12(18)13-17-16-11(19-13)8-9-4-3-5-10(14)7-9/h3-5,7H,2,6,8H2,1H3,(H,15,18). The minimum absolute atomic E-state index is 0.0696. The third-order valence-corrected chi connectivity index (χ3v) is 2.44. The van der Waals surface area contributed by atoms with Crippen LogP contribution in [0.1, 0.15) is 35.5 Å². The fraction of sp³-hybridized carbons (Fsp3) is 0.308. The van der Waals surface area contributed by atoms with E-state index >= 15 is 0 Å². The second-order valence-electron chi connectivity index (χ2n) is 4.06. The Morgan fingerprint density at radius 3 is 3.00 bits per heavy atom. The fourth-order valence-corrected chi connectivity index (χ4v) is 1.55. The number of halogens is 1. The molecule has 0 saturated heterocycles. The van der Waals surface area contributed by atoms with Crippen molar-refractivity contribution in [2.75, 3.05) is 6.54 Å². The van der Waals surface area contributed by atoms with Gasteiger partial charge in [0, 0.05) is 6.54 Å². The minimum Gasteiger partial charge on any atom is -0.417 e. The molecule has 0 unspecified atom stereocenters. The maximum Gasteiger partial charge on any atom is 0.308 e. The highest BCUT2D eigenvalue weighted by Gasteiger charge is 2.14. The minimum atomic E-state index is -0.389. The molecule has 0 atom stereocenters. The Balaban J connectivity index is 2.03. The first-order valence-electron chi connectivity index (χ1n) is 6.04. The molecule has 0 spiro atoms. The fourth-order valence-electron chi connectivity index (χ4n) is 1.55. The van der Waals surface area contributed by atoms with E-state index in [2.05, 4.69) is 15.5 Å². The second-order valence-corrected chi connectivity index (χ2v) is 4.06. The van der Waals surface area contributed by atoms with Crippen LogP contribution in [0, 0.1) is 5.82 Å². The molecule has 1 heterocycles. The van der Waals surface area contributed by atoms with Crippen molar-refractivity contribution in [1.29, 1.82) is 0 Å². The number of nitrogens with one attached hydrogen (secondary N) is 1. The van der Waals surface area contributed by atoms with Gasteiger partial charge in [0.15, 0.2) is 0 Å². The Bertz CT molecular complexity index is 569. The molecule has 6 heteroatoms. The Kier molecular flexibility index (Phi) is 4.22. The lowest BCUT2D eigenvalue weighted by atomic mass is 10.1. The topological polar surface area (TPSA) is 68.0 Å². The highest BCUT2D eigenvalue weighted by atomic mass is 19.1. The molecule has 0 aliphatic carbocycles. The van der Waals surface area contributed by atoms with Gasteiger partial charge in [0.2, 0.25) is 5.89 Å². The lowest BCUT2D eigenvalue weighted by Gasteiger charge is -1.98. The van der Waals surface area contributed by atoms with Crippen molar-refractivity contribution in [2.45, 2.75) is 19.8 Å². The Hall–Kier alpha value is -2.24. The summed E-state index contributed by atoms with van der Waals surface area (Å²) in [7, 11) is 0. The monoisotopic (exact) mass is 263 g/mol. The van der Waals surface area contributed by atoms with Crippen LogP contribution in [-0.4, -0.2) is 22.6 Å². The maximum absolute atomic E-state index is 13.0. The van der Waals surface area contributed by atoms with Gasteiger partial charge in [0.25, 0.3) is 0 Å². The van der Waals surface area contributed by atoms with Gasteiger partial charge in [-0.1, -0.05) is 19.1 Å². The lowest BCUT2D eigenvalue weighted by molar-refractivity contribution is 0.0917. The Labute approximate surface area is 109 Å². The van der Waals surface area contributed by atoms with Gasteiger partial charge >= 0.3 is 11.8 Å². The SMILES string of the molecule is CCCNC(=O)c1nnc(Cc2cccc(F)c2)o1. The van der Waals surface area contributed by atoms with Gasteiger partial charge < -0.3 is 9.73 Å². The van der Waals surface area contributed by atoms with E-state index < -0.39 is 0 Å². The third-order valence-electron chi connectivity index (χ3n) is 2.44. The zero-order valence-electron chi connectivity index (χ0n) is 10.5. The number of carbonyl (C=O) groups excluding carboxylic acids is 1. The summed E-state index contributed by atoms with van der Waals surface area (Å²) >= 11 is 0. The summed E-state index contributed by atoms with van der Waals surface area (Å²) in [4.78, 5) is 11.6. The summed E-state index contributed by atoms with van der Waals surface area (Å²) in [5.74, 6) is -0.495. The first-order valence-corrected chi connectivity index (χ1v) is 6.04. The molecular formula is C13H14FN3O2. The van der Waals surface area contributed by atoms with Gasteiger partial charge in [-0.05, 0) is 24.1 Å². The van der Waals surface area contributed by atoms with Gasteiger partial charge in [0.05, 0.1) is 6.42 Å². The number of aromatic nitrogens is 2. The Morgan fingerprint density at radius 1 is 1.42 bits per heavy atom. The van der Waals surface area contributed by atoms with E-state index in [-0.39, 0.29) is 23.5 Å². The molecule has 1 N–H and O–H groups in total. The highest BCUT2D eigenvalue weighted by molar-refractivity contribution is 5.89. The van der Waals surface area contributed by atoms with Gasteiger partial charge in [-0.15, -0.1) is 10.2 Å². The first kappa shape index (κ1) is 13.2. The third kappa shape index (κ3) is 3.61. The van der Waals surface area contributed by atoms with Crippen LogP contribution in [0.4, 0.5) is 4.39 Å². The summed E-state index contributed by atoms with van der Waals surface area (Å²) < 4.78 is 18.2. The van der Waals surface area contributed by atoms with E-state index in [1.807, 2.05) is 6.92 Å². The Morgan fingerprint density at radius 2 is 2.26 bits per heavy atom. The van der Waals surface area contributed by atoms with Crippen LogP contribution in [0.5, 0.6) is 0 Å². The molecule has 2 aromatic rings.